The van der Waals surface area contributed by atoms with E-state index >= 15 is 0 Å². The molecule has 0 saturated carbocycles. The summed E-state index contributed by atoms with van der Waals surface area (Å²) in [4.78, 5) is 7.95. The second-order valence-electron chi connectivity index (χ2n) is 3.98. The topological polar surface area (TPSA) is 101 Å². The van der Waals surface area contributed by atoms with Crippen LogP contribution in [0.5, 0.6) is 0 Å². The number of nitrogens with two attached hydrogens (primary N) is 1. The molecule has 0 aliphatic rings. The predicted octanol–water partition coefficient (Wildman–Crippen LogP) is -0.0755. The molecule has 8 heteroatoms. The molecule has 0 radical (unpaired) electrons. The maximum absolute atomic E-state index is 11.6. The molecule has 3 N–H and O–H groups in total. The second-order valence-corrected chi connectivity index (χ2v) is 6.28. The number of hydrogen-bond donors (Lipinski definition) is 2. The molecule has 1 aromatic rings. The highest BCUT2D eigenvalue weighted by Crippen LogP contribution is 2.12. The summed E-state index contributed by atoms with van der Waals surface area (Å²) in [5.41, 5.74) is 6.41. The third-order valence-corrected chi connectivity index (χ3v) is 4.31. The van der Waals surface area contributed by atoms with E-state index < -0.39 is 10.0 Å². The summed E-state index contributed by atoms with van der Waals surface area (Å²) in [6, 6.07) is 0. The Balaban J connectivity index is 2.67. The first-order valence-corrected chi connectivity index (χ1v) is 7.23. The molecular formula is C10H19N5O2S. The van der Waals surface area contributed by atoms with Crippen molar-refractivity contribution in [2.24, 2.45) is 0 Å². The molecule has 7 nitrogen and oxygen atoms in total. The number of aromatic nitrogens is 2. The van der Waals surface area contributed by atoms with Crippen LogP contribution in [0.4, 0.5) is 11.8 Å². The van der Waals surface area contributed by atoms with E-state index in [1.165, 1.54) is 18.4 Å². The molecule has 0 fully saturated rings. The van der Waals surface area contributed by atoms with Crippen LogP contribution >= 0.6 is 0 Å². The molecule has 1 heterocycles. The largest absolute Gasteiger partial charge is 0.369 e. The summed E-state index contributed by atoms with van der Waals surface area (Å²) in [6.07, 6.45) is 2.40. The van der Waals surface area contributed by atoms with E-state index in [1.807, 2.05) is 6.92 Å². The molecule has 0 aromatic carbocycles. The number of anilines is 2. The van der Waals surface area contributed by atoms with Gasteiger partial charge in [0.05, 0.1) is 5.75 Å². The van der Waals surface area contributed by atoms with Gasteiger partial charge in [-0.2, -0.15) is 4.98 Å². The Hall–Kier alpha value is -1.41. The Morgan fingerprint density at radius 3 is 2.67 bits per heavy atom. The van der Waals surface area contributed by atoms with Crippen LogP contribution in [0.1, 0.15) is 12.5 Å². The number of rotatable bonds is 6. The summed E-state index contributed by atoms with van der Waals surface area (Å²) >= 11 is 0. The Bertz CT molecular complexity index is 501. The van der Waals surface area contributed by atoms with E-state index in [4.69, 9.17) is 5.73 Å². The van der Waals surface area contributed by atoms with Crippen molar-refractivity contribution in [1.82, 2.24) is 14.3 Å². The summed E-state index contributed by atoms with van der Waals surface area (Å²) < 4.78 is 24.3. The molecule has 0 bridgehead atoms. The second kappa shape index (κ2) is 5.96. The Labute approximate surface area is 107 Å². The number of nitrogens with one attached hydrogen (secondary N) is 1. The van der Waals surface area contributed by atoms with Crippen LogP contribution in [-0.4, -0.2) is 49.1 Å². The molecule has 0 saturated heterocycles. The molecule has 0 spiro atoms. The molecular weight excluding hydrogens is 254 g/mol. The number of aryl methyl sites for hydroxylation is 1. The van der Waals surface area contributed by atoms with Gasteiger partial charge in [-0.1, -0.05) is 6.92 Å². The zero-order valence-corrected chi connectivity index (χ0v) is 11.7. The lowest BCUT2D eigenvalue weighted by Crippen LogP contribution is -2.28. The average molecular weight is 273 g/mol. The number of nitrogens with zero attached hydrogens (tertiary/aromatic N) is 3. The minimum absolute atomic E-state index is 0.00701. The molecule has 0 atom stereocenters. The molecule has 0 aliphatic heterocycles. The summed E-state index contributed by atoms with van der Waals surface area (Å²) in [6.45, 7) is 2.25. The molecule has 0 unspecified atom stereocenters. The van der Waals surface area contributed by atoms with Crippen LogP contribution in [0.3, 0.4) is 0 Å². The Morgan fingerprint density at radius 1 is 1.44 bits per heavy atom. The monoisotopic (exact) mass is 273 g/mol. The van der Waals surface area contributed by atoms with Crippen LogP contribution in [0, 0.1) is 0 Å². The smallest absolute Gasteiger partial charge is 0.221 e. The quantitative estimate of drug-likeness (QED) is 0.752. The van der Waals surface area contributed by atoms with Gasteiger partial charge in [-0.05, 0) is 6.42 Å². The van der Waals surface area contributed by atoms with Gasteiger partial charge in [0, 0.05) is 32.4 Å². The van der Waals surface area contributed by atoms with Crippen molar-refractivity contribution in [2.45, 2.75) is 13.3 Å². The fourth-order valence-corrected chi connectivity index (χ4v) is 2.04. The summed E-state index contributed by atoms with van der Waals surface area (Å²) in [5, 5.41) is 2.98. The fourth-order valence-electron chi connectivity index (χ4n) is 1.31. The van der Waals surface area contributed by atoms with Crippen LogP contribution < -0.4 is 11.1 Å². The lowest BCUT2D eigenvalue weighted by molar-refractivity contribution is 0.521. The van der Waals surface area contributed by atoms with E-state index in [0.29, 0.717) is 5.82 Å². The highest BCUT2D eigenvalue weighted by molar-refractivity contribution is 7.89. The third kappa shape index (κ3) is 3.81. The SMILES string of the molecule is CCc1cnc(N)nc1NCCS(=O)(=O)N(C)C. The minimum Gasteiger partial charge on any atom is -0.369 e. The highest BCUT2D eigenvalue weighted by Gasteiger charge is 2.13. The standard InChI is InChI=1S/C10H19N5O2S/c1-4-8-7-13-10(11)14-9(8)12-5-6-18(16,17)15(2)3/h7H,4-6H2,1-3H3,(H3,11,12,13,14). The van der Waals surface area contributed by atoms with E-state index in [0.717, 1.165) is 12.0 Å². The molecule has 1 aromatic heterocycles. The maximum atomic E-state index is 11.6. The highest BCUT2D eigenvalue weighted by atomic mass is 32.2. The molecule has 1 rings (SSSR count). The van der Waals surface area contributed by atoms with Gasteiger partial charge < -0.3 is 11.1 Å². The average Bonchev–Trinajstić information content (AvgIpc) is 2.29. The van der Waals surface area contributed by atoms with Crippen molar-refractivity contribution in [3.8, 4) is 0 Å². The van der Waals surface area contributed by atoms with Gasteiger partial charge in [0.25, 0.3) is 0 Å². The summed E-state index contributed by atoms with van der Waals surface area (Å²) in [5.74, 6) is 0.775. The van der Waals surface area contributed by atoms with E-state index in [2.05, 4.69) is 15.3 Å². The van der Waals surface area contributed by atoms with Gasteiger partial charge in [-0.3, -0.25) is 0 Å². The number of nitrogen functional groups attached to an aromatic ring is 1. The zero-order valence-electron chi connectivity index (χ0n) is 10.8. The maximum Gasteiger partial charge on any atom is 0.221 e. The molecule has 0 amide bonds. The minimum atomic E-state index is -3.20. The lowest BCUT2D eigenvalue weighted by atomic mass is 10.2. The van der Waals surface area contributed by atoms with E-state index in [-0.39, 0.29) is 18.2 Å². The molecule has 18 heavy (non-hydrogen) atoms. The fraction of sp³-hybridized carbons (Fsp3) is 0.600. The van der Waals surface area contributed by atoms with Crippen molar-refractivity contribution < 1.29 is 8.42 Å². The van der Waals surface area contributed by atoms with Crippen LogP contribution in [0.2, 0.25) is 0 Å². The van der Waals surface area contributed by atoms with E-state index in [1.54, 1.807) is 6.20 Å². The van der Waals surface area contributed by atoms with Crippen molar-refractivity contribution in [1.29, 1.82) is 0 Å². The van der Waals surface area contributed by atoms with Crippen molar-refractivity contribution in [2.75, 3.05) is 37.4 Å². The van der Waals surface area contributed by atoms with Gasteiger partial charge in [-0.15, -0.1) is 0 Å². The third-order valence-electron chi connectivity index (χ3n) is 2.47. The summed E-state index contributed by atoms with van der Waals surface area (Å²) in [7, 11) is -0.183. The van der Waals surface area contributed by atoms with Crippen LogP contribution in [0.15, 0.2) is 6.20 Å². The van der Waals surface area contributed by atoms with Crippen LogP contribution in [0.25, 0.3) is 0 Å². The van der Waals surface area contributed by atoms with Gasteiger partial charge in [-0.25, -0.2) is 17.7 Å². The van der Waals surface area contributed by atoms with Gasteiger partial charge in [0.2, 0.25) is 16.0 Å². The van der Waals surface area contributed by atoms with Crippen molar-refractivity contribution in [3.63, 3.8) is 0 Å². The first-order chi connectivity index (χ1) is 8.36. The van der Waals surface area contributed by atoms with Gasteiger partial charge in [0.15, 0.2) is 0 Å². The van der Waals surface area contributed by atoms with Gasteiger partial charge in [0.1, 0.15) is 5.82 Å². The Morgan fingerprint density at radius 2 is 2.11 bits per heavy atom. The van der Waals surface area contributed by atoms with Crippen molar-refractivity contribution >= 4 is 21.8 Å². The number of sulfonamides is 1. The van der Waals surface area contributed by atoms with Crippen LogP contribution in [-0.2, 0) is 16.4 Å². The molecule has 0 aliphatic carbocycles. The van der Waals surface area contributed by atoms with Gasteiger partial charge >= 0.3 is 0 Å². The number of hydrogen-bond acceptors (Lipinski definition) is 6. The normalized spacial score (nSPS) is 11.8. The first-order valence-electron chi connectivity index (χ1n) is 5.62. The predicted molar refractivity (Wildman–Crippen MR) is 71.8 cm³/mol. The van der Waals surface area contributed by atoms with E-state index in [9.17, 15) is 8.42 Å². The van der Waals surface area contributed by atoms with Crippen molar-refractivity contribution in [3.05, 3.63) is 11.8 Å². The zero-order chi connectivity index (χ0) is 13.8. The Kier molecular flexibility index (Phi) is 4.85. The first kappa shape index (κ1) is 14.7. The lowest BCUT2D eigenvalue weighted by Gasteiger charge is -2.13. The molecule has 102 valence electrons.